The van der Waals surface area contributed by atoms with Gasteiger partial charge in [0, 0.05) is 98.2 Å². The summed E-state index contributed by atoms with van der Waals surface area (Å²) in [5.41, 5.74) is 27.5. The summed E-state index contributed by atoms with van der Waals surface area (Å²) in [7, 11) is 0. The standard InChI is InChI=1S/C102H59N5O3/c1-7-25-89-75(19-1)78-42-34-64(67-37-45-84-81-22-4-10-28-95(81)108-98(84)57-67)54-92(78)105(89)72-17-13-15-60(50-72)63-40-48-88-87(53-63)101(104-102(103-88)71-16-14-18-73(52-71)106-90-26-8-2-20-76(90)79-43-35-65(55-93(79)106)68-38-46-85-82-23-5-11-29-96(82)109-99(85)58-68)70-32-31-62-51-74(41-33-61(62)49-70)107-91-27-9-3-21-77(91)80-44-36-66(56-94(80)107)69-39-47-86-83-24-6-12-30-97(83)110-100(86)59-69/h1-59H. The minimum atomic E-state index is 0.631. The largest absolute Gasteiger partial charge is 0.456 e. The highest BCUT2D eigenvalue weighted by molar-refractivity contribution is 6.15. The van der Waals surface area contributed by atoms with Crippen molar-refractivity contribution in [1.82, 2.24) is 23.7 Å². The van der Waals surface area contributed by atoms with Crippen LogP contribution in [0.2, 0.25) is 0 Å². The summed E-state index contributed by atoms with van der Waals surface area (Å²) in [4.78, 5) is 11.3. The van der Waals surface area contributed by atoms with Gasteiger partial charge in [-0.2, -0.15) is 0 Å². The molecule has 0 aliphatic carbocycles. The Hall–Kier alpha value is -14.9. The first-order valence-corrected chi connectivity index (χ1v) is 37.4. The molecule has 0 fully saturated rings. The lowest BCUT2D eigenvalue weighted by atomic mass is 9.98. The van der Waals surface area contributed by atoms with Gasteiger partial charge in [-0.15, -0.1) is 0 Å². The van der Waals surface area contributed by atoms with Gasteiger partial charge >= 0.3 is 0 Å². The third-order valence-electron chi connectivity index (χ3n) is 23.0. The number of aromatic nitrogens is 5. The number of hydrogen-bond acceptors (Lipinski definition) is 5. The van der Waals surface area contributed by atoms with Gasteiger partial charge in [0.25, 0.3) is 0 Å². The van der Waals surface area contributed by atoms with Crippen molar-refractivity contribution in [2.24, 2.45) is 0 Å². The van der Waals surface area contributed by atoms with E-state index in [4.69, 9.17) is 23.2 Å². The molecule has 24 aromatic rings. The second-order valence-corrected chi connectivity index (χ2v) is 29.2. The highest BCUT2D eigenvalue weighted by Crippen LogP contribution is 2.44. The van der Waals surface area contributed by atoms with Gasteiger partial charge in [-0.25, -0.2) is 9.97 Å². The Morgan fingerprint density at radius 1 is 0.182 bits per heavy atom. The number of hydrogen-bond donors (Lipinski definition) is 0. The van der Waals surface area contributed by atoms with Crippen LogP contribution in [0.4, 0.5) is 0 Å². The Bertz CT molecular complexity index is 8070. The normalized spacial score (nSPS) is 12.2. The highest BCUT2D eigenvalue weighted by atomic mass is 16.3. The van der Waals surface area contributed by atoms with E-state index in [9.17, 15) is 0 Å². The molecule has 8 heteroatoms. The van der Waals surface area contributed by atoms with E-state index >= 15 is 0 Å². The Morgan fingerprint density at radius 2 is 0.518 bits per heavy atom. The molecule has 7 aromatic heterocycles. The molecule has 0 saturated carbocycles. The van der Waals surface area contributed by atoms with Gasteiger partial charge in [-0.1, -0.05) is 212 Å². The molecule has 0 spiro atoms. The molecule has 0 amide bonds. The molecule has 0 aliphatic heterocycles. The monoisotopic (exact) mass is 1400 g/mol. The summed E-state index contributed by atoms with van der Waals surface area (Å²) in [5.74, 6) is 0.631. The molecule has 17 aromatic carbocycles. The van der Waals surface area contributed by atoms with Gasteiger partial charge in [0.2, 0.25) is 0 Å². The predicted molar refractivity (Wildman–Crippen MR) is 455 cm³/mol. The Balaban J connectivity index is 0.646. The molecule has 510 valence electrons. The van der Waals surface area contributed by atoms with E-state index < -0.39 is 0 Å². The average Bonchev–Trinajstić information content (AvgIpc) is 1.76. The highest BCUT2D eigenvalue weighted by Gasteiger charge is 2.23. The maximum Gasteiger partial charge on any atom is 0.160 e. The number of para-hydroxylation sites is 6. The smallest absolute Gasteiger partial charge is 0.160 e. The summed E-state index contributed by atoms with van der Waals surface area (Å²) in [6.07, 6.45) is 0. The van der Waals surface area contributed by atoms with Crippen molar-refractivity contribution in [2.45, 2.75) is 0 Å². The van der Waals surface area contributed by atoms with Crippen LogP contribution >= 0.6 is 0 Å². The van der Waals surface area contributed by atoms with E-state index in [1.165, 1.54) is 32.3 Å². The molecular weight excluding hydrogens is 1340 g/mol. The average molecular weight is 1400 g/mol. The van der Waals surface area contributed by atoms with Gasteiger partial charge in [0.15, 0.2) is 5.82 Å². The SMILES string of the molecule is c1cc(-c2ccc3nc(-c4cccc(-n5c6ccccc6c6ccc(-c7ccc8c(c7)oc7ccccc78)cc65)c4)nc(-c4ccc5cc(-n6c7ccccc7c7ccc(-c8ccc9c(c8)oc8ccccc89)cc76)ccc5c4)c3c2)cc(-n2c3ccccc3c3ccc(-c4ccc5c(c4)oc4ccccc45)cc32)c1. The fourth-order valence-electron chi connectivity index (χ4n) is 17.8. The van der Waals surface area contributed by atoms with Crippen molar-refractivity contribution in [3.63, 3.8) is 0 Å². The van der Waals surface area contributed by atoms with Gasteiger partial charge in [0.1, 0.15) is 33.5 Å². The fourth-order valence-corrected chi connectivity index (χ4v) is 17.8. The van der Waals surface area contributed by atoms with Crippen LogP contribution in [0.25, 0.3) is 237 Å². The van der Waals surface area contributed by atoms with Crippen molar-refractivity contribution in [3.05, 3.63) is 358 Å². The van der Waals surface area contributed by atoms with Crippen molar-refractivity contribution >= 4 is 153 Å². The molecule has 0 saturated heterocycles. The quantitative estimate of drug-likeness (QED) is 0.144. The van der Waals surface area contributed by atoms with Crippen molar-refractivity contribution in [2.75, 3.05) is 0 Å². The van der Waals surface area contributed by atoms with Crippen LogP contribution in [-0.2, 0) is 0 Å². The number of nitrogens with zero attached hydrogens (tertiary/aromatic N) is 5. The van der Waals surface area contributed by atoms with Crippen LogP contribution in [0, 0.1) is 0 Å². The van der Waals surface area contributed by atoms with Crippen molar-refractivity contribution < 1.29 is 13.3 Å². The van der Waals surface area contributed by atoms with Crippen LogP contribution in [0.3, 0.4) is 0 Å². The summed E-state index contributed by atoms with van der Waals surface area (Å²) >= 11 is 0. The minimum Gasteiger partial charge on any atom is -0.456 e. The Labute approximate surface area is 628 Å². The topological polar surface area (TPSA) is 80.0 Å². The first-order valence-electron chi connectivity index (χ1n) is 37.4. The maximum atomic E-state index is 6.42. The zero-order valence-electron chi connectivity index (χ0n) is 59.0. The van der Waals surface area contributed by atoms with E-state index in [0.717, 1.165) is 199 Å². The van der Waals surface area contributed by atoms with Crippen molar-refractivity contribution in [3.8, 4) is 84.2 Å². The number of fused-ring (bicyclic) bond motifs is 20. The van der Waals surface area contributed by atoms with E-state index in [2.05, 4.69) is 335 Å². The second-order valence-electron chi connectivity index (χ2n) is 29.2. The minimum absolute atomic E-state index is 0.631. The lowest BCUT2D eigenvalue weighted by Gasteiger charge is -2.15. The number of rotatable bonds is 9. The van der Waals surface area contributed by atoms with E-state index in [-0.39, 0.29) is 0 Å². The van der Waals surface area contributed by atoms with E-state index in [1.807, 2.05) is 36.4 Å². The molecule has 110 heavy (non-hydrogen) atoms. The van der Waals surface area contributed by atoms with Crippen LogP contribution in [-0.4, -0.2) is 23.7 Å². The van der Waals surface area contributed by atoms with Gasteiger partial charge in [-0.3, -0.25) is 0 Å². The molecule has 0 radical (unpaired) electrons. The predicted octanol–water partition coefficient (Wildman–Crippen LogP) is 27.8. The van der Waals surface area contributed by atoms with E-state index in [0.29, 0.717) is 5.82 Å². The Kier molecular flexibility index (Phi) is 12.8. The first-order chi connectivity index (χ1) is 54.4. The van der Waals surface area contributed by atoms with Gasteiger partial charge < -0.3 is 27.0 Å². The zero-order valence-corrected chi connectivity index (χ0v) is 59.0. The van der Waals surface area contributed by atoms with Gasteiger partial charge in [0.05, 0.1) is 44.3 Å². The molecule has 0 N–H and O–H groups in total. The summed E-state index contributed by atoms with van der Waals surface area (Å²) < 4.78 is 26.5. The number of benzene rings is 17. The number of furan rings is 3. The third-order valence-corrected chi connectivity index (χ3v) is 23.0. The molecule has 0 atom stereocenters. The lowest BCUT2D eigenvalue weighted by Crippen LogP contribution is -1.98. The fraction of sp³-hybridized carbons (Fsp3) is 0. The summed E-state index contributed by atoms with van der Waals surface area (Å²) in [6.45, 7) is 0. The summed E-state index contributed by atoms with van der Waals surface area (Å²) in [6, 6.07) is 129. The molecule has 0 unspecified atom stereocenters. The van der Waals surface area contributed by atoms with Crippen LogP contribution < -0.4 is 0 Å². The molecule has 0 bridgehead atoms. The second kappa shape index (κ2) is 23.3. The first kappa shape index (κ1) is 60.4. The maximum absolute atomic E-state index is 6.42. The molecule has 0 aliphatic rings. The molecule has 7 heterocycles. The lowest BCUT2D eigenvalue weighted by molar-refractivity contribution is 0.668. The zero-order chi connectivity index (χ0) is 71.8. The van der Waals surface area contributed by atoms with Crippen molar-refractivity contribution in [1.29, 1.82) is 0 Å². The Morgan fingerprint density at radius 3 is 1.00 bits per heavy atom. The van der Waals surface area contributed by atoms with Crippen LogP contribution in [0.5, 0.6) is 0 Å². The molecule has 8 nitrogen and oxygen atoms in total. The third kappa shape index (κ3) is 9.27. The van der Waals surface area contributed by atoms with Crippen LogP contribution in [0.15, 0.2) is 371 Å². The molecule has 24 rings (SSSR count). The molecular formula is C102H59N5O3. The van der Waals surface area contributed by atoms with Gasteiger partial charge in [-0.05, 0) is 201 Å². The van der Waals surface area contributed by atoms with E-state index in [1.54, 1.807) is 0 Å². The summed E-state index contributed by atoms with van der Waals surface area (Å²) in [5, 5.41) is 17.0. The van der Waals surface area contributed by atoms with Crippen LogP contribution in [0.1, 0.15) is 0 Å².